The molecule has 2 N–H and O–H groups in total. The SMILES string of the molecule is CCc1ccc(Nc2cnnc(Nc3cc(Cl)cc(Cl)c3)n2)cc1. The first-order valence-electron chi connectivity index (χ1n) is 7.41. The molecule has 0 saturated carbocycles. The van der Waals surface area contributed by atoms with E-state index in [0.717, 1.165) is 12.1 Å². The van der Waals surface area contributed by atoms with Gasteiger partial charge in [-0.1, -0.05) is 42.3 Å². The number of halogens is 2. The van der Waals surface area contributed by atoms with Crippen molar-refractivity contribution in [3.63, 3.8) is 0 Å². The van der Waals surface area contributed by atoms with Crippen molar-refractivity contribution in [3.8, 4) is 0 Å². The fourth-order valence-corrected chi connectivity index (χ4v) is 2.67. The summed E-state index contributed by atoms with van der Waals surface area (Å²) in [4.78, 5) is 4.38. The molecule has 3 rings (SSSR count). The van der Waals surface area contributed by atoms with E-state index in [4.69, 9.17) is 23.2 Å². The van der Waals surface area contributed by atoms with Crippen LogP contribution in [-0.2, 0) is 6.42 Å². The van der Waals surface area contributed by atoms with Crippen LogP contribution in [0.2, 0.25) is 10.0 Å². The minimum atomic E-state index is 0.350. The van der Waals surface area contributed by atoms with Gasteiger partial charge < -0.3 is 10.6 Å². The fourth-order valence-electron chi connectivity index (χ4n) is 2.14. The van der Waals surface area contributed by atoms with Gasteiger partial charge in [-0.25, -0.2) is 0 Å². The zero-order valence-electron chi connectivity index (χ0n) is 12.9. The molecule has 0 amide bonds. The third kappa shape index (κ3) is 4.34. The topological polar surface area (TPSA) is 62.7 Å². The summed E-state index contributed by atoms with van der Waals surface area (Å²) < 4.78 is 0. The standard InChI is InChI=1S/C17H15Cl2N5/c1-2-11-3-5-14(6-4-11)21-16-10-20-24-17(23-16)22-15-8-12(18)7-13(19)9-15/h3-10H,2H2,1H3,(H2,21,22,23,24). The number of benzene rings is 2. The number of anilines is 4. The van der Waals surface area contributed by atoms with Gasteiger partial charge in [-0.2, -0.15) is 10.1 Å². The smallest absolute Gasteiger partial charge is 0.249 e. The molecule has 0 bridgehead atoms. The van der Waals surface area contributed by atoms with Gasteiger partial charge in [0, 0.05) is 21.4 Å². The second-order valence-corrected chi connectivity index (χ2v) is 6.00. The van der Waals surface area contributed by atoms with E-state index in [1.807, 2.05) is 12.1 Å². The Morgan fingerprint density at radius 2 is 1.62 bits per heavy atom. The third-order valence-corrected chi connectivity index (χ3v) is 3.75. The van der Waals surface area contributed by atoms with Gasteiger partial charge in [-0.15, -0.1) is 5.10 Å². The maximum Gasteiger partial charge on any atom is 0.249 e. The molecule has 0 fully saturated rings. The molecule has 0 atom stereocenters. The summed E-state index contributed by atoms with van der Waals surface area (Å²) in [5, 5.41) is 15.2. The van der Waals surface area contributed by atoms with Crippen molar-refractivity contribution in [2.75, 3.05) is 10.6 Å². The van der Waals surface area contributed by atoms with Crippen molar-refractivity contribution in [2.45, 2.75) is 13.3 Å². The summed E-state index contributed by atoms with van der Waals surface area (Å²) >= 11 is 12.0. The summed E-state index contributed by atoms with van der Waals surface area (Å²) in [7, 11) is 0. The van der Waals surface area contributed by atoms with E-state index in [9.17, 15) is 0 Å². The van der Waals surface area contributed by atoms with Gasteiger partial charge >= 0.3 is 0 Å². The van der Waals surface area contributed by atoms with E-state index in [1.165, 1.54) is 5.56 Å². The van der Waals surface area contributed by atoms with Crippen LogP contribution in [0.15, 0.2) is 48.7 Å². The summed E-state index contributed by atoms with van der Waals surface area (Å²) in [5.41, 5.74) is 2.91. The Bertz CT molecular complexity index is 816. The number of aryl methyl sites for hydroxylation is 1. The Morgan fingerprint density at radius 3 is 2.29 bits per heavy atom. The summed E-state index contributed by atoms with van der Waals surface area (Å²) in [5.74, 6) is 0.938. The van der Waals surface area contributed by atoms with Crippen molar-refractivity contribution >= 4 is 46.3 Å². The van der Waals surface area contributed by atoms with Gasteiger partial charge in [0.25, 0.3) is 0 Å². The first kappa shape index (κ1) is 16.5. The molecule has 1 aromatic heterocycles. The van der Waals surface area contributed by atoms with Crippen LogP contribution in [0, 0.1) is 0 Å². The van der Waals surface area contributed by atoms with Crippen LogP contribution in [-0.4, -0.2) is 15.2 Å². The molecule has 2 aromatic carbocycles. The van der Waals surface area contributed by atoms with Crippen molar-refractivity contribution in [1.82, 2.24) is 15.2 Å². The van der Waals surface area contributed by atoms with Gasteiger partial charge in [0.1, 0.15) is 0 Å². The first-order valence-corrected chi connectivity index (χ1v) is 8.17. The van der Waals surface area contributed by atoms with Gasteiger partial charge in [0.05, 0.1) is 6.20 Å². The fraction of sp³-hybridized carbons (Fsp3) is 0.118. The van der Waals surface area contributed by atoms with Gasteiger partial charge in [-0.05, 0) is 42.3 Å². The highest BCUT2D eigenvalue weighted by molar-refractivity contribution is 6.35. The van der Waals surface area contributed by atoms with Gasteiger partial charge in [0.15, 0.2) is 5.82 Å². The molecule has 122 valence electrons. The van der Waals surface area contributed by atoms with Crippen LogP contribution in [0.3, 0.4) is 0 Å². The molecular weight excluding hydrogens is 345 g/mol. The number of nitrogens with zero attached hydrogens (tertiary/aromatic N) is 3. The Hall–Kier alpha value is -2.37. The Labute approximate surface area is 150 Å². The number of hydrogen-bond acceptors (Lipinski definition) is 5. The van der Waals surface area contributed by atoms with E-state index in [2.05, 4.69) is 44.9 Å². The Balaban J connectivity index is 1.75. The van der Waals surface area contributed by atoms with Crippen molar-refractivity contribution < 1.29 is 0 Å². The van der Waals surface area contributed by atoms with E-state index >= 15 is 0 Å². The summed E-state index contributed by atoms with van der Waals surface area (Å²) in [6.07, 6.45) is 2.56. The van der Waals surface area contributed by atoms with E-state index < -0.39 is 0 Å². The van der Waals surface area contributed by atoms with Crippen LogP contribution in [0.5, 0.6) is 0 Å². The first-order chi connectivity index (χ1) is 11.6. The quantitative estimate of drug-likeness (QED) is 0.653. The van der Waals surface area contributed by atoms with Crippen LogP contribution in [0.25, 0.3) is 0 Å². The molecular formula is C17H15Cl2N5. The lowest BCUT2D eigenvalue weighted by Gasteiger charge is -2.08. The average Bonchev–Trinajstić information content (AvgIpc) is 2.55. The molecule has 24 heavy (non-hydrogen) atoms. The van der Waals surface area contributed by atoms with Crippen molar-refractivity contribution in [1.29, 1.82) is 0 Å². The zero-order chi connectivity index (χ0) is 16.9. The lowest BCUT2D eigenvalue weighted by molar-refractivity contribution is 0.982. The summed E-state index contributed by atoms with van der Waals surface area (Å²) in [6.45, 7) is 2.12. The van der Waals surface area contributed by atoms with Gasteiger partial charge in [-0.3, -0.25) is 0 Å². The summed E-state index contributed by atoms with van der Waals surface area (Å²) in [6, 6.07) is 13.3. The minimum Gasteiger partial charge on any atom is -0.339 e. The highest BCUT2D eigenvalue weighted by Crippen LogP contribution is 2.24. The monoisotopic (exact) mass is 359 g/mol. The van der Waals surface area contributed by atoms with Crippen LogP contribution in [0.1, 0.15) is 12.5 Å². The lowest BCUT2D eigenvalue weighted by Crippen LogP contribution is -2.02. The normalized spacial score (nSPS) is 10.5. The average molecular weight is 360 g/mol. The number of aromatic nitrogens is 3. The predicted molar refractivity (Wildman–Crippen MR) is 98.7 cm³/mol. The molecule has 0 spiro atoms. The molecule has 0 aliphatic rings. The molecule has 7 heteroatoms. The highest BCUT2D eigenvalue weighted by Gasteiger charge is 2.04. The number of rotatable bonds is 5. The predicted octanol–water partition coefficient (Wildman–Crippen LogP) is 5.23. The molecule has 1 heterocycles. The number of hydrogen-bond donors (Lipinski definition) is 2. The maximum atomic E-state index is 5.99. The molecule has 0 aliphatic carbocycles. The minimum absolute atomic E-state index is 0.350. The lowest BCUT2D eigenvalue weighted by atomic mass is 10.1. The number of nitrogens with one attached hydrogen (secondary N) is 2. The molecule has 0 unspecified atom stereocenters. The molecule has 3 aromatic rings. The van der Waals surface area contributed by atoms with Crippen molar-refractivity contribution in [3.05, 3.63) is 64.3 Å². The second kappa shape index (κ2) is 7.47. The third-order valence-electron chi connectivity index (χ3n) is 3.31. The largest absolute Gasteiger partial charge is 0.339 e. The van der Waals surface area contributed by atoms with Crippen LogP contribution < -0.4 is 10.6 Å². The van der Waals surface area contributed by atoms with Crippen molar-refractivity contribution in [2.24, 2.45) is 0 Å². The van der Waals surface area contributed by atoms with E-state index in [0.29, 0.717) is 27.5 Å². The Morgan fingerprint density at radius 1 is 0.917 bits per heavy atom. The molecule has 0 radical (unpaired) electrons. The van der Waals surface area contributed by atoms with E-state index in [1.54, 1.807) is 24.4 Å². The highest BCUT2D eigenvalue weighted by atomic mass is 35.5. The second-order valence-electron chi connectivity index (χ2n) is 5.12. The molecule has 0 aliphatic heterocycles. The Kier molecular flexibility index (Phi) is 5.13. The molecule has 5 nitrogen and oxygen atoms in total. The van der Waals surface area contributed by atoms with Crippen LogP contribution in [0.4, 0.5) is 23.1 Å². The van der Waals surface area contributed by atoms with Gasteiger partial charge in [0.2, 0.25) is 5.95 Å². The maximum absolute atomic E-state index is 5.99. The molecule has 0 saturated heterocycles. The van der Waals surface area contributed by atoms with E-state index in [-0.39, 0.29) is 0 Å². The van der Waals surface area contributed by atoms with Crippen LogP contribution >= 0.6 is 23.2 Å². The zero-order valence-corrected chi connectivity index (χ0v) is 14.4.